The van der Waals surface area contributed by atoms with E-state index in [-0.39, 0.29) is 19.1 Å². The molecule has 2 N–H and O–H groups in total. The number of fused-ring (bicyclic) bond motifs is 3. The van der Waals surface area contributed by atoms with Gasteiger partial charge in [0, 0.05) is 5.92 Å². The fourth-order valence-corrected chi connectivity index (χ4v) is 4.22. The van der Waals surface area contributed by atoms with Gasteiger partial charge in [-0.25, -0.2) is 9.59 Å². The van der Waals surface area contributed by atoms with Gasteiger partial charge in [-0.3, -0.25) is 0 Å². The van der Waals surface area contributed by atoms with Crippen LogP contribution >= 0.6 is 0 Å². The first kappa shape index (κ1) is 26.1. The molecule has 1 aliphatic carbocycles. The summed E-state index contributed by atoms with van der Waals surface area (Å²) >= 11 is 0. The molecule has 7 heteroatoms. The Kier molecular flexibility index (Phi) is 8.01. The molecular weight excluding hydrogens is 468 g/mol. The van der Waals surface area contributed by atoms with Crippen LogP contribution in [-0.2, 0) is 9.47 Å². The third-order valence-electron chi connectivity index (χ3n) is 5.84. The molecule has 0 aliphatic heterocycles. The molecule has 3 aromatic rings. The predicted octanol–water partition coefficient (Wildman–Crippen LogP) is 5.84. The second kappa shape index (κ2) is 11.4. The molecule has 1 aliphatic rings. The van der Waals surface area contributed by atoms with E-state index < -0.39 is 17.8 Å². The number of carbonyl (C=O) groups is 2. The number of amides is 2. The minimum Gasteiger partial charge on any atom is -0.492 e. The molecule has 0 saturated carbocycles. The molecule has 0 aromatic heterocycles. The maximum Gasteiger partial charge on any atom is 0.407 e. The van der Waals surface area contributed by atoms with E-state index in [2.05, 4.69) is 41.8 Å². The second-order valence-electron chi connectivity index (χ2n) is 9.73. The van der Waals surface area contributed by atoms with Crippen molar-refractivity contribution in [2.45, 2.75) is 32.3 Å². The van der Waals surface area contributed by atoms with Crippen LogP contribution in [0.1, 0.15) is 43.4 Å². The van der Waals surface area contributed by atoms with Crippen LogP contribution in [0.5, 0.6) is 5.75 Å². The number of hydrogen-bond acceptors (Lipinski definition) is 5. The highest BCUT2D eigenvalue weighted by atomic mass is 16.6. The van der Waals surface area contributed by atoms with Crippen molar-refractivity contribution in [1.82, 2.24) is 10.6 Å². The number of alkyl carbamates (subject to hydrolysis) is 2. The molecule has 0 unspecified atom stereocenters. The molecule has 2 radical (unpaired) electrons. The molecule has 0 bridgehead atoms. The van der Waals surface area contributed by atoms with E-state index in [1.807, 2.05) is 24.3 Å². The maximum absolute atomic E-state index is 12.5. The SMILES string of the molecule is [CH2][C](NC(=O)OCC1c2ccccc2-c2ccccc21)c1ccc(OCCNC(=O)OC(C)(C)C)cc1. The summed E-state index contributed by atoms with van der Waals surface area (Å²) in [4.78, 5) is 24.2. The highest BCUT2D eigenvalue weighted by Gasteiger charge is 2.29. The molecule has 3 aromatic carbocycles. The third-order valence-corrected chi connectivity index (χ3v) is 5.84. The summed E-state index contributed by atoms with van der Waals surface area (Å²) in [6.45, 7) is 10.2. The molecule has 37 heavy (non-hydrogen) atoms. The smallest absolute Gasteiger partial charge is 0.407 e. The summed E-state index contributed by atoms with van der Waals surface area (Å²) < 4.78 is 16.4. The van der Waals surface area contributed by atoms with Crippen LogP contribution in [0.3, 0.4) is 0 Å². The molecular formula is C30H32N2O5. The van der Waals surface area contributed by atoms with Gasteiger partial charge in [0.1, 0.15) is 24.6 Å². The lowest BCUT2D eigenvalue weighted by Crippen LogP contribution is -2.34. The van der Waals surface area contributed by atoms with Gasteiger partial charge < -0.3 is 24.8 Å². The molecule has 4 rings (SSSR count). The van der Waals surface area contributed by atoms with E-state index in [1.165, 1.54) is 11.1 Å². The van der Waals surface area contributed by atoms with Crippen LogP contribution in [-0.4, -0.2) is 37.5 Å². The summed E-state index contributed by atoms with van der Waals surface area (Å²) in [6.07, 6.45) is -1.04. The van der Waals surface area contributed by atoms with Crippen molar-refractivity contribution in [3.05, 3.63) is 102 Å². The highest BCUT2D eigenvalue weighted by Crippen LogP contribution is 2.44. The average molecular weight is 501 g/mol. The Labute approximate surface area is 218 Å². The molecule has 2 amide bonds. The largest absolute Gasteiger partial charge is 0.492 e. The van der Waals surface area contributed by atoms with Crippen molar-refractivity contribution >= 4 is 12.2 Å². The van der Waals surface area contributed by atoms with E-state index in [0.717, 1.165) is 16.7 Å². The van der Waals surface area contributed by atoms with Crippen LogP contribution in [0.25, 0.3) is 11.1 Å². The minimum absolute atomic E-state index is 0.00680. The molecule has 7 nitrogen and oxygen atoms in total. The highest BCUT2D eigenvalue weighted by molar-refractivity contribution is 5.79. The van der Waals surface area contributed by atoms with Crippen molar-refractivity contribution in [2.75, 3.05) is 19.8 Å². The Balaban J connectivity index is 1.23. The zero-order valence-electron chi connectivity index (χ0n) is 21.4. The third kappa shape index (κ3) is 6.82. The van der Waals surface area contributed by atoms with E-state index in [1.54, 1.807) is 45.0 Å². The molecule has 0 atom stereocenters. The Morgan fingerprint density at radius 2 is 1.46 bits per heavy atom. The summed E-state index contributed by atoms with van der Waals surface area (Å²) in [7, 11) is 0. The van der Waals surface area contributed by atoms with Gasteiger partial charge in [-0.05, 0) is 67.6 Å². The molecule has 0 spiro atoms. The second-order valence-corrected chi connectivity index (χ2v) is 9.73. The Hall–Kier alpha value is -4.00. The first-order valence-corrected chi connectivity index (χ1v) is 12.2. The van der Waals surface area contributed by atoms with Crippen LogP contribution in [0.4, 0.5) is 9.59 Å². The van der Waals surface area contributed by atoms with Gasteiger partial charge in [0.05, 0.1) is 12.6 Å². The molecule has 0 fully saturated rings. The lowest BCUT2D eigenvalue weighted by atomic mass is 9.98. The first-order chi connectivity index (χ1) is 17.7. The summed E-state index contributed by atoms with van der Waals surface area (Å²) in [5, 5.41) is 5.36. The molecule has 0 saturated heterocycles. The topological polar surface area (TPSA) is 85.9 Å². The average Bonchev–Trinajstić information content (AvgIpc) is 3.18. The van der Waals surface area contributed by atoms with Gasteiger partial charge in [0.15, 0.2) is 0 Å². The fourth-order valence-electron chi connectivity index (χ4n) is 4.22. The number of rotatable bonds is 8. The molecule has 192 valence electrons. The predicted molar refractivity (Wildman–Crippen MR) is 142 cm³/mol. The summed E-state index contributed by atoms with van der Waals surface area (Å²) in [5.41, 5.74) is 4.86. The van der Waals surface area contributed by atoms with Gasteiger partial charge in [-0.2, -0.15) is 0 Å². The van der Waals surface area contributed by atoms with Crippen molar-refractivity contribution in [1.29, 1.82) is 0 Å². The van der Waals surface area contributed by atoms with E-state index >= 15 is 0 Å². The monoisotopic (exact) mass is 500 g/mol. The standard InChI is InChI=1S/C30H32N2O5/c1-20(21-13-15-22(16-14-21)35-18-17-31-28(33)37-30(2,3)4)32-29(34)36-19-27-25-11-7-5-9-23(25)24-10-6-8-12-26(24)27/h5-16,27H,1,17-19H2,2-4H3,(H,31,33)(H,32,34). The van der Waals surface area contributed by atoms with Gasteiger partial charge >= 0.3 is 12.2 Å². The summed E-state index contributed by atoms with van der Waals surface area (Å²) in [6, 6.07) is 24.0. The van der Waals surface area contributed by atoms with Gasteiger partial charge in [-0.1, -0.05) is 60.7 Å². The summed E-state index contributed by atoms with van der Waals surface area (Å²) in [5.74, 6) is 0.622. The van der Waals surface area contributed by atoms with E-state index in [9.17, 15) is 9.59 Å². The normalized spacial score (nSPS) is 12.5. The Morgan fingerprint density at radius 1 is 0.865 bits per heavy atom. The maximum atomic E-state index is 12.5. The zero-order valence-corrected chi connectivity index (χ0v) is 21.4. The lowest BCUT2D eigenvalue weighted by molar-refractivity contribution is 0.0520. The minimum atomic E-state index is -0.555. The lowest BCUT2D eigenvalue weighted by Gasteiger charge is -2.19. The van der Waals surface area contributed by atoms with Crippen molar-refractivity contribution in [2.24, 2.45) is 0 Å². The van der Waals surface area contributed by atoms with Crippen molar-refractivity contribution in [3.63, 3.8) is 0 Å². The van der Waals surface area contributed by atoms with Crippen LogP contribution in [0.2, 0.25) is 0 Å². The quantitative estimate of drug-likeness (QED) is 0.380. The van der Waals surface area contributed by atoms with E-state index in [0.29, 0.717) is 18.3 Å². The fraction of sp³-hybridized carbons (Fsp3) is 0.267. The van der Waals surface area contributed by atoms with Crippen molar-refractivity contribution < 1.29 is 23.8 Å². The Bertz CT molecular complexity index is 1190. The molecule has 0 heterocycles. The first-order valence-electron chi connectivity index (χ1n) is 12.2. The van der Waals surface area contributed by atoms with Crippen LogP contribution in [0, 0.1) is 13.0 Å². The van der Waals surface area contributed by atoms with Crippen LogP contribution in [0.15, 0.2) is 72.8 Å². The number of nitrogens with one attached hydrogen (secondary N) is 2. The van der Waals surface area contributed by atoms with Crippen molar-refractivity contribution in [3.8, 4) is 16.9 Å². The number of benzene rings is 3. The number of ether oxygens (including phenoxy) is 3. The zero-order chi connectivity index (χ0) is 26.4. The van der Waals surface area contributed by atoms with Crippen LogP contribution < -0.4 is 15.4 Å². The van der Waals surface area contributed by atoms with Gasteiger partial charge in [0.2, 0.25) is 0 Å². The number of carbonyl (C=O) groups excluding carboxylic acids is 2. The van der Waals surface area contributed by atoms with E-state index in [4.69, 9.17) is 14.2 Å². The van der Waals surface area contributed by atoms with Gasteiger partial charge in [0.25, 0.3) is 0 Å². The van der Waals surface area contributed by atoms with Gasteiger partial charge in [-0.15, -0.1) is 0 Å². The number of hydrogen-bond donors (Lipinski definition) is 2. The Morgan fingerprint density at radius 3 is 2.05 bits per heavy atom.